The van der Waals surface area contributed by atoms with Crippen LogP contribution in [0, 0.1) is 13.8 Å². The van der Waals surface area contributed by atoms with E-state index in [-0.39, 0.29) is 23.0 Å². The fraction of sp³-hybridized carbons (Fsp3) is 0.347. The van der Waals surface area contributed by atoms with Gasteiger partial charge in [0, 0.05) is 33.8 Å². The smallest absolute Gasteiger partial charge is 0.297 e. The number of rotatable bonds is 3. The van der Waals surface area contributed by atoms with Crippen LogP contribution in [0.25, 0.3) is 11.0 Å². The monoisotopic (exact) mass is 696 g/mol. The summed E-state index contributed by atoms with van der Waals surface area (Å²) >= 11 is 0. The Morgan fingerprint density at radius 1 is 0.660 bits per heavy atom. The molecule has 0 atom stereocenters. The van der Waals surface area contributed by atoms with Crippen molar-refractivity contribution in [3.05, 3.63) is 124 Å². The number of anilines is 6. The summed E-state index contributed by atoms with van der Waals surface area (Å²) in [5, 5.41) is 1.21. The fourth-order valence-corrected chi connectivity index (χ4v) is 9.50. The molecule has 1 aromatic heterocycles. The third-order valence-electron chi connectivity index (χ3n) is 12.9. The summed E-state index contributed by atoms with van der Waals surface area (Å²) in [6.45, 7) is 25.7. The first-order valence-electron chi connectivity index (χ1n) is 19.7. The zero-order chi connectivity index (χ0) is 37.4. The number of aryl methyl sites for hydroxylation is 2. The lowest BCUT2D eigenvalue weighted by Crippen LogP contribution is -2.61. The maximum absolute atomic E-state index is 7.42. The van der Waals surface area contributed by atoms with Crippen LogP contribution >= 0.6 is 0 Å². The van der Waals surface area contributed by atoms with Gasteiger partial charge in [-0.15, -0.1) is 0 Å². The van der Waals surface area contributed by atoms with E-state index in [1.165, 1.54) is 96.7 Å². The van der Waals surface area contributed by atoms with Crippen LogP contribution in [0.1, 0.15) is 114 Å². The van der Waals surface area contributed by atoms with Crippen LogP contribution in [0.4, 0.5) is 34.1 Å². The molecule has 1 aliphatic carbocycles. The standard InChI is InChI=1S/C49H53BN2O/c1-29(2)32-24-41-44-42(25-32)52(39-19-15-13-17-31(39)4)45-34-27-35-36(49(10,11)23-22-48(35,8)9)28-43(34)53-46(45)50(44)37-26-33(47(5,6)7)20-21-40(37)51(41)38-18-14-12-16-30(38)3/h12-21,24-29H,22-23H2,1-11H3. The molecule has 0 N–H and O–H groups in total. The van der Waals surface area contributed by atoms with Crippen molar-refractivity contribution in [2.75, 3.05) is 9.80 Å². The molecule has 0 spiro atoms. The van der Waals surface area contributed by atoms with Gasteiger partial charge in [-0.3, -0.25) is 0 Å². The number of fused-ring (bicyclic) bond motifs is 7. The Labute approximate surface area is 317 Å². The highest BCUT2D eigenvalue weighted by molar-refractivity contribution is 7.00. The number of para-hydroxylation sites is 2. The van der Waals surface area contributed by atoms with Crippen LogP contribution in [0.3, 0.4) is 0 Å². The normalized spacial score (nSPS) is 16.8. The topological polar surface area (TPSA) is 19.6 Å². The average Bonchev–Trinajstić information content (AvgIpc) is 3.48. The lowest BCUT2D eigenvalue weighted by atomic mass is 9.35. The Kier molecular flexibility index (Phi) is 7.34. The molecule has 268 valence electrons. The van der Waals surface area contributed by atoms with Crippen LogP contribution < -0.4 is 26.4 Å². The SMILES string of the molecule is Cc1ccccc1N1c2ccc(C(C)(C)C)cc2B2c3oc4cc5c(cc4c3N(c3ccccc3C)c3cc(C(C)C)cc1c32)C(C)(C)CCC5(C)C. The van der Waals surface area contributed by atoms with E-state index in [2.05, 4.69) is 177 Å². The highest BCUT2D eigenvalue weighted by Gasteiger charge is 2.48. The second-order valence-corrected chi connectivity index (χ2v) is 18.8. The van der Waals surface area contributed by atoms with Gasteiger partial charge >= 0.3 is 0 Å². The number of hydrogen-bond acceptors (Lipinski definition) is 3. The Balaban J connectivity index is 1.46. The summed E-state index contributed by atoms with van der Waals surface area (Å²) in [4.78, 5) is 5.12. The molecule has 6 aromatic rings. The van der Waals surface area contributed by atoms with Crippen molar-refractivity contribution >= 4 is 68.4 Å². The highest BCUT2D eigenvalue weighted by Crippen LogP contribution is 2.52. The summed E-state index contributed by atoms with van der Waals surface area (Å²) in [5.41, 5.74) is 20.2. The molecule has 53 heavy (non-hydrogen) atoms. The first-order chi connectivity index (χ1) is 25.1. The van der Waals surface area contributed by atoms with Crippen molar-refractivity contribution in [3.63, 3.8) is 0 Å². The van der Waals surface area contributed by atoms with Gasteiger partial charge in [-0.2, -0.15) is 0 Å². The molecule has 0 unspecified atom stereocenters. The second-order valence-electron chi connectivity index (χ2n) is 18.8. The van der Waals surface area contributed by atoms with E-state index in [0.717, 1.165) is 11.2 Å². The van der Waals surface area contributed by atoms with Crippen molar-refractivity contribution in [2.24, 2.45) is 0 Å². The largest absolute Gasteiger partial charge is 0.468 e. The van der Waals surface area contributed by atoms with Crippen LogP contribution in [0.15, 0.2) is 95.4 Å². The first kappa shape index (κ1) is 34.1. The molecular formula is C49H53BN2O. The molecular weight excluding hydrogens is 643 g/mol. The van der Waals surface area contributed by atoms with Crippen LogP contribution in [-0.2, 0) is 16.2 Å². The van der Waals surface area contributed by atoms with Gasteiger partial charge in [0.05, 0.1) is 11.3 Å². The van der Waals surface area contributed by atoms with Gasteiger partial charge in [0.2, 0.25) is 0 Å². The van der Waals surface area contributed by atoms with Crippen molar-refractivity contribution < 1.29 is 4.42 Å². The van der Waals surface area contributed by atoms with E-state index < -0.39 is 0 Å². The number of nitrogens with zero attached hydrogens (tertiary/aromatic N) is 2. The molecule has 3 nitrogen and oxygen atoms in total. The van der Waals surface area contributed by atoms with E-state index in [4.69, 9.17) is 4.42 Å². The van der Waals surface area contributed by atoms with Crippen LogP contribution in [0.5, 0.6) is 0 Å². The molecule has 5 aromatic carbocycles. The average molecular weight is 697 g/mol. The minimum absolute atomic E-state index is 0.0120. The molecule has 4 heteroatoms. The summed E-state index contributed by atoms with van der Waals surface area (Å²) in [7, 11) is 0. The van der Waals surface area contributed by atoms with Crippen molar-refractivity contribution in [1.29, 1.82) is 0 Å². The zero-order valence-corrected chi connectivity index (χ0v) is 33.5. The van der Waals surface area contributed by atoms with Crippen molar-refractivity contribution in [1.82, 2.24) is 0 Å². The molecule has 3 aliphatic rings. The summed E-state index contributed by atoms with van der Waals surface area (Å²) in [6.07, 6.45) is 2.34. The lowest BCUT2D eigenvalue weighted by Gasteiger charge is -2.44. The lowest BCUT2D eigenvalue weighted by molar-refractivity contribution is 0.332. The molecule has 9 rings (SSSR count). The Morgan fingerprint density at radius 2 is 1.23 bits per heavy atom. The van der Waals surface area contributed by atoms with Crippen molar-refractivity contribution in [3.8, 4) is 0 Å². The Hall–Kier alpha value is -4.70. The molecule has 2 aliphatic heterocycles. The molecule has 0 saturated heterocycles. The highest BCUT2D eigenvalue weighted by atomic mass is 16.3. The third-order valence-corrected chi connectivity index (χ3v) is 12.9. The fourth-order valence-electron chi connectivity index (χ4n) is 9.50. The van der Waals surface area contributed by atoms with Gasteiger partial charge in [-0.1, -0.05) is 111 Å². The van der Waals surface area contributed by atoms with Gasteiger partial charge in [0.1, 0.15) is 5.58 Å². The second kappa shape index (κ2) is 11.4. The number of furan rings is 1. The van der Waals surface area contributed by atoms with Crippen LogP contribution in [0.2, 0.25) is 0 Å². The molecule has 0 bridgehead atoms. The summed E-state index contributed by atoms with van der Waals surface area (Å²) in [6, 6.07) is 34.9. The number of hydrogen-bond donors (Lipinski definition) is 0. The molecule has 0 saturated carbocycles. The maximum atomic E-state index is 7.42. The predicted molar refractivity (Wildman–Crippen MR) is 228 cm³/mol. The van der Waals surface area contributed by atoms with E-state index in [1.807, 2.05) is 0 Å². The summed E-state index contributed by atoms with van der Waals surface area (Å²) < 4.78 is 7.42. The van der Waals surface area contributed by atoms with Gasteiger partial charge in [-0.25, -0.2) is 0 Å². The van der Waals surface area contributed by atoms with Gasteiger partial charge in [-0.05, 0) is 136 Å². The Bertz CT molecular complexity index is 2470. The van der Waals surface area contributed by atoms with Gasteiger partial charge in [0.15, 0.2) is 0 Å². The maximum Gasteiger partial charge on any atom is 0.297 e. The minimum atomic E-state index is -0.0699. The van der Waals surface area contributed by atoms with Crippen molar-refractivity contribution in [2.45, 2.75) is 111 Å². The molecule has 0 amide bonds. The van der Waals surface area contributed by atoms with E-state index in [0.29, 0.717) is 5.92 Å². The predicted octanol–water partition coefficient (Wildman–Crippen LogP) is 11.9. The Morgan fingerprint density at radius 3 is 1.81 bits per heavy atom. The van der Waals surface area contributed by atoms with E-state index in [1.54, 1.807) is 0 Å². The van der Waals surface area contributed by atoms with Gasteiger partial charge in [0.25, 0.3) is 6.71 Å². The summed E-state index contributed by atoms with van der Waals surface area (Å²) in [5.74, 6) is 0.342. The minimum Gasteiger partial charge on any atom is -0.468 e. The zero-order valence-electron chi connectivity index (χ0n) is 33.5. The number of benzene rings is 5. The first-order valence-corrected chi connectivity index (χ1v) is 19.7. The third kappa shape index (κ3) is 5.00. The van der Waals surface area contributed by atoms with E-state index in [9.17, 15) is 0 Å². The quantitative estimate of drug-likeness (QED) is 0.172. The van der Waals surface area contributed by atoms with Crippen LogP contribution in [-0.4, -0.2) is 6.71 Å². The molecule has 0 radical (unpaired) electrons. The molecule has 0 fully saturated rings. The molecule has 3 heterocycles. The van der Waals surface area contributed by atoms with Gasteiger partial charge < -0.3 is 14.2 Å². The van der Waals surface area contributed by atoms with E-state index >= 15 is 0 Å².